The first-order valence-corrected chi connectivity index (χ1v) is 6.80. The molecule has 0 aliphatic heterocycles. The maximum absolute atomic E-state index is 11.8. The van der Waals surface area contributed by atoms with E-state index in [1.807, 2.05) is 6.92 Å². The van der Waals surface area contributed by atoms with E-state index in [1.165, 1.54) is 18.4 Å². The van der Waals surface area contributed by atoms with Crippen LogP contribution in [0.25, 0.3) is 0 Å². The van der Waals surface area contributed by atoms with Gasteiger partial charge in [0, 0.05) is 11.8 Å². The summed E-state index contributed by atoms with van der Waals surface area (Å²) in [6, 6.07) is -0.955. The Morgan fingerprint density at radius 1 is 1.50 bits per heavy atom. The van der Waals surface area contributed by atoms with Gasteiger partial charge in [0.2, 0.25) is 5.91 Å². The van der Waals surface area contributed by atoms with E-state index in [0.717, 1.165) is 5.01 Å². The Hall–Kier alpha value is -1.96. The fraction of sp³-hybridized carbons (Fsp3) is 0.500. The van der Waals surface area contributed by atoms with Crippen molar-refractivity contribution < 1.29 is 24.2 Å². The van der Waals surface area contributed by atoms with E-state index in [2.05, 4.69) is 15.0 Å². The number of nitrogens with one attached hydrogen (secondary N) is 1. The zero-order chi connectivity index (χ0) is 15.1. The number of carboxylic acids is 1. The van der Waals surface area contributed by atoms with Crippen LogP contribution in [-0.2, 0) is 25.5 Å². The van der Waals surface area contributed by atoms with Gasteiger partial charge in [-0.15, -0.1) is 11.3 Å². The molecule has 1 aromatic rings. The largest absolute Gasteiger partial charge is 0.481 e. The lowest BCUT2D eigenvalue weighted by molar-refractivity contribution is -0.145. The molecule has 0 aromatic carbocycles. The van der Waals surface area contributed by atoms with Gasteiger partial charge in [-0.05, 0) is 13.3 Å². The van der Waals surface area contributed by atoms with Gasteiger partial charge in [-0.3, -0.25) is 9.59 Å². The molecule has 0 aliphatic rings. The molecular formula is C12H16N2O5S. The first-order chi connectivity index (χ1) is 9.42. The number of methoxy groups -OCH3 is 1. The lowest BCUT2D eigenvalue weighted by atomic mass is 10.1. The highest BCUT2D eigenvalue weighted by atomic mass is 32.1. The lowest BCUT2D eigenvalue weighted by Gasteiger charge is -2.15. The van der Waals surface area contributed by atoms with Crippen LogP contribution in [0.15, 0.2) is 5.38 Å². The smallest absolute Gasteiger partial charge is 0.328 e. The van der Waals surface area contributed by atoms with Crippen LogP contribution in [0.3, 0.4) is 0 Å². The third kappa shape index (κ3) is 5.35. The molecule has 1 atom stereocenters. The van der Waals surface area contributed by atoms with Crippen LogP contribution in [-0.4, -0.2) is 41.1 Å². The molecule has 0 aliphatic carbocycles. The van der Waals surface area contributed by atoms with Gasteiger partial charge in [-0.1, -0.05) is 0 Å². The fourth-order valence-electron chi connectivity index (χ4n) is 1.56. The Morgan fingerprint density at radius 3 is 2.70 bits per heavy atom. The van der Waals surface area contributed by atoms with Crippen molar-refractivity contribution >= 4 is 29.2 Å². The summed E-state index contributed by atoms with van der Waals surface area (Å²) in [6.07, 6.45) is -0.190. The summed E-state index contributed by atoms with van der Waals surface area (Å²) < 4.78 is 4.54. The van der Waals surface area contributed by atoms with Crippen LogP contribution in [0, 0.1) is 6.92 Å². The standard InChI is InChI=1S/C12H16N2O5S/c1-7-13-8(6-20-7)5-10(15)14-9(12(18)19-2)3-4-11(16)17/h6,9H,3-5H2,1-2H3,(H,14,15)(H,16,17). The number of hydrogen-bond acceptors (Lipinski definition) is 6. The monoisotopic (exact) mass is 300 g/mol. The number of aliphatic carboxylic acids is 1. The van der Waals surface area contributed by atoms with E-state index in [0.29, 0.717) is 5.69 Å². The average Bonchev–Trinajstić information content (AvgIpc) is 2.78. The van der Waals surface area contributed by atoms with Crippen molar-refractivity contribution in [3.63, 3.8) is 0 Å². The van der Waals surface area contributed by atoms with E-state index >= 15 is 0 Å². The van der Waals surface area contributed by atoms with Gasteiger partial charge in [0.25, 0.3) is 0 Å². The van der Waals surface area contributed by atoms with Crippen molar-refractivity contribution in [2.24, 2.45) is 0 Å². The minimum Gasteiger partial charge on any atom is -0.481 e. The Labute approximate surface area is 120 Å². The number of aromatic nitrogens is 1. The van der Waals surface area contributed by atoms with E-state index < -0.39 is 23.9 Å². The topological polar surface area (TPSA) is 106 Å². The van der Waals surface area contributed by atoms with E-state index in [1.54, 1.807) is 5.38 Å². The van der Waals surface area contributed by atoms with E-state index in [4.69, 9.17) is 5.11 Å². The molecule has 1 rings (SSSR count). The summed E-state index contributed by atoms with van der Waals surface area (Å²) in [6.45, 7) is 1.83. The van der Waals surface area contributed by atoms with Crippen LogP contribution in [0.5, 0.6) is 0 Å². The molecule has 1 amide bonds. The molecule has 1 aromatic heterocycles. The molecule has 8 heteroatoms. The number of carbonyl (C=O) groups excluding carboxylic acids is 2. The molecule has 1 heterocycles. The second-order valence-corrected chi connectivity index (χ2v) is 5.17. The highest BCUT2D eigenvalue weighted by molar-refractivity contribution is 7.09. The highest BCUT2D eigenvalue weighted by Crippen LogP contribution is 2.09. The number of aryl methyl sites for hydroxylation is 1. The second kappa shape index (κ2) is 7.59. The zero-order valence-corrected chi connectivity index (χ0v) is 12.0. The fourth-order valence-corrected chi connectivity index (χ4v) is 2.17. The van der Waals surface area contributed by atoms with Gasteiger partial charge in [0.1, 0.15) is 6.04 Å². The van der Waals surface area contributed by atoms with Crippen LogP contribution >= 0.6 is 11.3 Å². The van der Waals surface area contributed by atoms with Gasteiger partial charge < -0.3 is 15.2 Å². The summed E-state index contributed by atoms with van der Waals surface area (Å²) in [5, 5.41) is 13.7. The van der Waals surface area contributed by atoms with Crippen molar-refractivity contribution in [2.45, 2.75) is 32.2 Å². The normalized spacial score (nSPS) is 11.7. The summed E-state index contributed by atoms with van der Waals surface area (Å²) in [5.74, 6) is -2.09. The molecule has 0 spiro atoms. The van der Waals surface area contributed by atoms with Gasteiger partial charge in [0.05, 0.1) is 24.2 Å². The van der Waals surface area contributed by atoms with E-state index in [-0.39, 0.29) is 19.3 Å². The van der Waals surface area contributed by atoms with Crippen LogP contribution in [0.1, 0.15) is 23.5 Å². The Balaban J connectivity index is 2.56. The molecule has 0 saturated carbocycles. The maximum Gasteiger partial charge on any atom is 0.328 e. The van der Waals surface area contributed by atoms with Gasteiger partial charge >= 0.3 is 11.9 Å². The third-order valence-electron chi connectivity index (χ3n) is 2.48. The summed E-state index contributed by atoms with van der Waals surface area (Å²) in [7, 11) is 1.19. The first kappa shape index (κ1) is 16.1. The van der Waals surface area contributed by atoms with E-state index in [9.17, 15) is 14.4 Å². The molecule has 7 nitrogen and oxygen atoms in total. The lowest BCUT2D eigenvalue weighted by Crippen LogP contribution is -2.42. The Morgan fingerprint density at radius 2 is 2.20 bits per heavy atom. The third-order valence-corrected chi connectivity index (χ3v) is 3.30. The molecule has 0 fully saturated rings. The number of amides is 1. The van der Waals surface area contributed by atoms with Crippen LogP contribution in [0.4, 0.5) is 0 Å². The van der Waals surface area contributed by atoms with Gasteiger partial charge in [-0.25, -0.2) is 9.78 Å². The zero-order valence-electron chi connectivity index (χ0n) is 11.2. The van der Waals surface area contributed by atoms with Gasteiger partial charge in [-0.2, -0.15) is 0 Å². The number of thiazole rings is 1. The Bertz CT molecular complexity index is 500. The SMILES string of the molecule is COC(=O)C(CCC(=O)O)NC(=O)Cc1csc(C)n1. The highest BCUT2D eigenvalue weighted by Gasteiger charge is 2.22. The summed E-state index contributed by atoms with van der Waals surface area (Å²) >= 11 is 1.43. The maximum atomic E-state index is 11.8. The number of carboxylic acid groups (broad SMARTS) is 1. The number of carbonyl (C=O) groups is 3. The predicted octanol–water partition coefficient (Wildman–Crippen LogP) is 0.517. The number of rotatable bonds is 7. The van der Waals surface area contributed by atoms with Crippen molar-refractivity contribution in [1.82, 2.24) is 10.3 Å². The van der Waals surface area contributed by atoms with Crippen LogP contribution < -0.4 is 5.32 Å². The number of ether oxygens (including phenoxy) is 1. The summed E-state index contributed by atoms with van der Waals surface area (Å²) in [4.78, 5) is 37.9. The quantitative estimate of drug-likeness (QED) is 0.711. The second-order valence-electron chi connectivity index (χ2n) is 4.11. The molecule has 0 bridgehead atoms. The van der Waals surface area contributed by atoms with Crippen molar-refractivity contribution in [2.75, 3.05) is 7.11 Å². The number of esters is 1. The Kier molecular flexibility index (Phi) is 6.10. The minimum absolute atomic E-state index is 0.0101. The predicted molar refractivity (Wildman–Crippen MR) is 71.4 cm³/mol. The number of nitrogens with zero attached hydrogens (tertiary/aromatic N) is 1. The van der Waals surface area contributed by atoms with Crippen molar-refractivity contribution in [3.8, 4) is 0 Å². The van der Waals surface area contributed by atoms with Crippen molar-refractivity contribution in [1.29, 1.82) is 0 Å². The first-order valence-electron chi connectivity index (χ1n) is 5.92. The molecule has 1 unspecified atom stereocenters. The molecule has 2 N–H and O–H groups in total. The minimum atomic E-state index is -1.04. The average molecular weight is 300 g/mol. The van der Waals surface area contributed by atoms with Gasteiger partial charge in [0.15, 0.2) is 0 Å². The molecule has 0 radical (unpaired) electrons. The summed E-state index contributed by atoms with van der Waals surface area (Å²) in [5.41, 5.74) is 0.617. The number of hydrogen-bond donors (Lipinski definition) is 2. The van der Waals surface area contributed by atoms with Crippen LogP contribution in [0.2, 0.25) is 0 Å². The molecular weight excluding hydrogens is 284 g/mol. The molecule has 110 valence electrons. The van der Waals surface area contributed by atoms with Crippen molar-refractivity contribution in [3.05, 3.63) is 16.1 Å². The molecule has 0 saturated heterocycles. The molecule has 20 heavy (non-hydrogen) atoms.